The predicted molar refractivity (Wildman–Crippen MR) is 238 cm³/mol. The zero-order valence-electron chi connectivity index (χ0n) is 37.1. The first-order valence-electron chi connectivity index (χ1n) is 22.7. The van der Waals surface area contributed by atoms with Crippen LogP contribution in [-0.4, -0.2) is 108 Å². The average Bonchev–Trinajstić information content (AvgIpc) is 4.14. The largest absolute Gasteiger partial charge is 0.496 e. The number of ether oxygens (including phenoxy) is 2. The minimum atomic E-state index is -4.35. The highest BCUT2D eigenvalue weighted by Crippen LogP contribution is 2.47. The Morgan fingerprint density at radius 3 is 2.48 bits per heavy atom. The molecule has 0 spiro atoms. The van der Waals surface area contributed by atoms with Crippen molar-refractivity contribution in [3.63, 3.8) is 0 Å². The number of likely N-dealkylation sites (tertiary alicyclic amines) is 1. The number of alkyl halides is 3. The Bertz CT molecular complexity index is 2470. The van der Waals surface area contributed by atoms with Gasteiger partial charge in [0.1, 0.15) is 39.9 Å². The molecule has 352 valence electrons. The van der Waals surface area contributed by atoms with Crippen LogP contribution in [0.4, 0.5) is 13.2 Å². The van der Waals surface area contributed by atoms with Crippen LogP contribution < -0.4 is 19.5 Å². The molecule has 5 atom stereocenters. The van der Waals surface area contributed by atoms with Crippen LogP contribution in [0.3, 0.4) is 0 Å². The Morgan fingerprint density at radius 2 is 1.80 bits per heavy atom. The number of rotatable bonds is 10. The number of piperidine rings is 1. The molecule has 5 heterocycles. The van der Waals surface area contributed by atoms with Gasteiger partial charge in [0.05, 0.1) is 36.0 Å². The molecule has 2 aliphatic carbocycles. The van der Waals surface area contributed by atoms with Crippen molar-refractivity contribution in [2.75, 3.05) is 26.7 Å². The lowest BCUT2D eigenvalue weighted by Crippen LogP contribution is -2.57. The van der Waals surface area contributed by atoms with Crippen LogP contribution in [0, 0.1) is 24.7 Å². The number of aryl methyl sites for hydroxylation is 1. The van der Waals surface area contributed by atoms with Gasteiger partial charge in [-0.2, -0.15) is 13.2 Å². The molecule has 14 nitrogen and oxygen atoms in total. The Labute approximate surface area is 381 Å². The van der Waals surface area contributed by atoms with Gasteiger partial charge in [-0.15, -0.1) is 11.3 Å². The quantitative estimate of drug-likeness (QED) is 0.202. The van der Waals surface area contributed by atoms with Crippen molar-refractivity contribution in [2.45, 2.75) is 133 Å². The van der Waals surface area contributed by atoms with Gasteiger partial charge < -0.3 is 24.6 Å². The number of thiazole rings is 1. The summed E-state index contributed by atoms with van der Waals surface area (Å²) in [7, 11) is -2.39. The fourth-order valence-corrected chi connectivity index (χ4v) is 11.7. The molecule has 8 rings (SSSR count). The zero-order chi connectivity index (χ0) is 46.4. The molecule has 19 heteroatoms. The number of sulfonamides is 1. The summed E-state index contributed by atoms with van der Waals surface area (Å²) in [5, 5.41) is 5.54. The Kier molecular flexibility index (Phi) is 13.3. The first-order chi connectivity index (χ1) is 30.9. The van der Waals surface area contributed by atoms with E-state index in [2.05, 4.69) is 23.9 Å². The molecule has 4 amide bonds. The molecule has 1 aromatic carbocycles. The van der Waals surface area contributed by atoms with E-state index in [1.54, 1.807) is 13.2 Å². The van der Waals surface area contributed by atoms with Crippen molar-refractivity contribution >= 4 is 55.9 Å². The summed E-state index contributed by atoms with van der Waals surface area (Å²) in [6.45, 7) is 5.78. The van der Waals surface area contributed by atoms with Crippen molar-refractivity contribution in [2.24, 2.45) is 17.8 Å². The number of aromatic nitrogens is 2. The summed E-state index contributed by atoms with van der Waals surface area (Å²) in [5.41, 5.74) is 1.27. The van der Waals surface area contributed by atoms with Crippen LogP contribution in [0.5, 0.6) is 11.5 Å². The number of carbonyl (C=O) groups is 4. The second-order valence-electron chi connectivity index (χ2n) is 18.6. The summed E-state index contributed by atoms with van der Waals surface area (Å²) in [4.78, 5) is 70.1. The minimum Gasteiger partial charge on any atom is -0.496 e. The van der Waals surface area contributed by atoms with Gasteiger partial charge in [-0.25, -0.2) is 18.4 Å². The number of halogens is 3. The first-order valence-corrected chi connectivity index (χ1v) is 25.1. The van der Waals surface area contributed by atoms with E-state index in [0.717, 1.165) is 17.7 Å². The van der Waals surface area contributed by atoms with Crippen LogP contribution in [0.2, 0.25) is 0 Å². The van der Waals surface area contributed by atoms with E-state index in [0.29, 0.717) is 71.6 Å². The summed E-state index contributed by atoms with van der Waals surface area (Å²) in [5.74, 6) is -4.04. The third-order valence-corrected chi connectivity index (χ3v) is 16.4. The van der Waals surface area contributed by atoms with Gasteiger partial charge in [0.2, 0.25) is 27.7 Å². The fourth-order valence-electron chi connectivity index (χ4n) is 9.43. The number of nitrogens with one attached hydrogen (secondary N) is 2. The molecule has 0 bridgehead atoms. The number of hydrogen-bond acceptors (Lipinski definition) is 11. The Morgan fingerprint density at radius 1 is 1.05 bits per heavy atom. The van der Waals surface area contributed by atoms with Crippen molar-refractivity contribution in [3.05, 3.63) is 47.0 Å². The molecule has 3 aliphatic heterocycles. The number of amides is 4. The number of methoxy groups -OCH3 is 1. The van der Waals surface area contributed by atoms with E-state index >= 15 is 0 Å². The molecule has 2 aromatic heterocycles. The summed E-state index contributed by atoms with van der Waals surface area (Å²) in [6, 6.07) is 4.25. The molecule has 3 aromatic rings. The van der Waals surface area contributed by atoms with Crippen LogP contribution in [0.1, 0.15) is 108 Å². The van der Waals surface area contributed by atoms with Crippen LogP contribution >= 0.6 is 11.3 Å². The standard InChI is InChI=1S/C46H57F3N6O8S2/c1-26(2)35-25-64-42(51-35)34-22-38(33-14-15-37(62-4)27(3)40(33)50-34)63-31-21-36-41(57)52-45(44(59)53-65(60,61)32-12-13-32)23-30(45)11-9-7-5-6-8-10-28(43(58)55(36)24-31)20-39(56)54-18-16-29(17-19-54)46(47,48)49/h9,11,14-15,22,25-26,28-32,36H,5-8,10,12-13,16-21,23-24H2,1-4H3,(H,52,57)(H,53,59)/b11-9-/t28-,30-,31-,36+,45-/m1/s1. The highest BCUT2D eigenvalue weighted by molar-refractivity contribution is 7.91. The number of hydrogen-bond donors (Lipinski definition) is 2. The van der Waals surface area contributed by atoms with Gasteiger partial charge in [-0.1, -0.05) is 38.8 Å². The minimum absolute atomic E-state index is 0.00912. The molecule has 0 radical (unpaired) electrons. The van der Waals surface area contributed by atoms with E-state index in [4.69, 9.17) is 19.4 Å². The van der Waals surface area contributed by atoms with Crippen LogP contribution in [-0.2, 0) is 29.2 Å². The van der Waals surface area contributed by atoms with E-state index in [1.165, 1.54) is 21.1 Å². The second-order valence-corrected chi connectivity index (χ2v) is 21.4. The number of pyridine rings is 1. The number of fused-ring (bicyclic) bond motifs is 3. The molecule has 2 saturated heterocycles. The maximum Gasteiger partial charge on any atom is 0.391 e. The van der Waals surface area contributed by atoms with Gasteiger partial charge >= 0.3 is 6.18 Å². The molecular formula is C46H57F3N6O8S2. The van der Waals surface area contributed by atoms with Gasteiger partial charge in [0.15, 0.2) is 0 Å². The topological polar surface area (TPSA) is 177 Å². The molecule has 2 N–H and O–H groups in total. The van der Waals surface area contributed by atoms with Crippen molar-refractivity contribution in [1.82, 2.24) is 29.8 Å². The monoisotopic (exact) mass is 942 g/mol. The average molecular weight is 943 g/mol. The number of nitrogens with zero attached hydrogens (tertiary/aromatic N) is 4. The molecule has 4 fully saturated rings. The maximum absolute atomic E-state index is 15.0. The third-order valence-electron chi connectivity index (χ3n) is 13.7. The Hall–Kier alpha value is -4.78. The highest BCUT2D eigenvalue weighted by atomic mass is 32.2. The van der Waals surface area contributed by atoms with Gasteiger partial charge in [0.25, 0.3) is 5.91 Å². The fraction of sp³-hybridized carbons (Fsp3) is 0.609. The van der Waals surface area contributed by atoms with Gasteiger partial charge in [-0.3, -0.25) is 23.9 Å². The maximum atomic E-state index is 15.0. The molecular weight excluding hydrogens is 886 g/mol. The Balaban J connectivity index is 1.12. The van der Waals surface area contributed by atoms with E-state index in [1.807, 2.05) is 36.6 Å². The normalized spacial score (nSPS) is 26.5. The lowest BCUT2D eigenvalue weighted by molar-refractivity contribution is -0.186. The second kappa shape index (κ2) is 18.5. The van der Waals surface area contributed by atoms with Crippen molar-refractivity contribution in [1.29, 1.82) is 0 Å². The summed E-state index contributed by atoms with van der Waals surface area (Å²) >= 11 is 1.45. The van der Waals surface area contributed by atoms with Crippen molar-refractivity contribution < 1.29 is 50.2 Å². The third kappa shape index (κ3) is 10.0. The zero-order valence-corrected chi connectivity index (χ0v) is 38.8. The molecule has 0 unspecified atom stereocenters. The van der Waals surface area contributed by atoms with E-state index in [9.17, 15) is 40.8 Å². The van der Waals surface area contributed by atoms with Gasteiger partial charge in [0, 0.05) is 60.2 Å². The van der Waals surface area contributed by atoms with E-state index < -0.39 is 80.5 Å². The summed E-state index contributed by atoms with van der Waals surface area (Å²) in [6.07, 6.45) is 1.95. The first kappa shape index (κ1) is 46.7. The molecule has 2 saturated carbocycles. The van der Waals surface area contributed by atoms with Crippen LogP contribution in [0.25, 0.3) is 21.6 Å². The summed E-state index contributed by atoms with van der Waals surface area (Å²) < 4.78 is 81.2. The SMILES string of the molecule is COc1ccc2c(O[C@@H]3C[C@H]4C(=O)N[C@]5(C(=O)NS(=O)(=O)C6CC6)C[C@H]5/C=C\CCCCC[C@H](CC(=O)N5CCC(C(F)(F)F)CC5)C(=O)N4C3)cc(-c3nc(C(C)C)cs3)nc2c1C. The number of benzene rings is 1. The lowest BCUT2D eigenvalue weighted by Gasteiger charge is -2.34. The van der Waals surface area contributed by atoms with Crippen molar-refractivity contribution in [3.8, 4) is 22.2 Å². The molecule has 5 aliphatic rings. The van der Waals surface area contributed by atoms with E-state index in [-0.39, 0.29) is 57.7 Å². The van der Waals surface area contributed by atoms with Crippen LogP contribution in [0.15, 0.2) is 35.7 Å². The number of allylic oxidation sites excluding steroid dienone is 1. The predicted octanol–water partition coefficient (Wildman–Crippen LogP) is 6.96. The smallest absolute Gasteiger partial charge is 0.391 e. The lowest BCUT2D eigenvalue weighted by atomic mass is 9.92. The van der Waals surface area contributed by atoms with Gasteiger partial charge in [-0.05, 0) is 76.3 Å². The molecule has 65 heavy (non-hydrogen) atoms. The highest BCUT2D eigenvalue weighted by Gasteiger charge is 2.62. The number of carbonyl (C=O) groups excluding carboxylic acids is 4.